The zero-order valence-corrected chi connectivity index (χ0v) is 31.2. The van der Waals surface area contributed by atoms with E-state index >= 15 is 0 Å². The molecule has 0 spiro atoms. The van der Waals surface area contributed by atoms with Crippen LogP contribution in [0.5, 0.6) is 5.75 Å². The van der Waals surface area contributed by atoms with Crippen LogP contribution < -0.4 is 9.64 Å². The summed E-state index contributed by atoms with van der Waals surface area (Å²) in [7, 11) is 1.73. The van der Waals surface area contributed by atoms with Crippen molar-refractivity contribution < 1.29 is 4.74 Å². The average Bonchev–Trinajstić information content (AvgIpc) is 3.39. The number of allylic oxidation sites excluding steroid dienone is 5. The van der Waals surface area contributed by atoms with Gasteiger partial charge in [0.15, 0.2) is 0 Å². The van der Waals surface area contributed by atoms with Crippen molar-refractivity contribution in [2.24, 2.45) is 0 Å². The van der Waals surface area contributed by atoms with Gasteiger partial charge in [0.1, 0.15) is 5.75 Å². The maximum absolute atomic E-state index is 5.89. The highest BCUT2D eigenvalue weighted by molar-refractivity contribution is 5.91. The maximum Gasteiger partial charge on any atom is 0.127 e. The van der Waals surface area contributed by atoms with Crippen LogP contribution in [0, 0.1) is 13.8 Å². The normalized spacial score (nSPS) is 13.2. The van der Waals surface area contributed by atoms with E-state index in [9.17, 15) is 0 Å². The van der Waals surface area contributed by atoms with Gasteiger partial charge in [-0.1, -0.05) is 136 Å². The Labute approximate surface area is 310 Å². The molecule has 6 aromatic carbocycles. The first-order chi connectivity index (χ1) is 25.2. The summed E-state index contributed by atoms with van der Waals surface area (Å²) in [6.07, 6.45) is 9.16. The van der Waals surface area contributed by atoms with Gasteiger partial charge in [-0.05, 0) is 124 Å². The van der Waals surface area contributed by atoms with E-state index in [2.05, 4.69) is 186 Å². The Kier molecular flexibility index (Phi) is 9.58. The van der Waals surface area contributed by atoms with Gasteiger partial charge in [-0.2, -0.15) is 0 Å². The highest BCUT2D eigenvalue weighted by Gasteiger charge is 2.36. The molecule has 0 unspecified atom stereocenters. The second kappa shape index (κ2) is 14.4. The summed E-state index contributed by atoms with van der Waals surface area (Å²) < 4.78 is 5.89. The van der Waals surface area contributed by atoms with Gasteiger partial charge in [0.2, 0.25) is 0 Å². The molecule has 0 amide bonds. The van der Waals surface area contributed by atoms with Crippen LogP contribution in [0.1, 0.15) is 55.0 Å². The zero-order valence-electron chi connectivity index (χ0n) is 31.2. The number of hydrogen-bond acceptors (Lipinski definition) is 2. The standard InChI is InChI=1S/C50H47NO/c1-8-10-17-37(16-9-2)49-43(22-15-23-47(49)52-7)36-24-27-41(28-25-36)51(40-19-12-11-13-20-40)42-21-14-18-38(32-42)39-26-29-45-44(33-39)48-35(4)30-34(3)31-46(48)50(45,5)6/h9-33H,2,8H2,1,3-7H3/b17-10-,37-16+. The molecule has 1 aliphatic rings. The number of methoxy groups -OCH3 is 1. The SMILES string of the molecule is C=C/C=C(\C=C/CC)c1c(OC)cccc1-c1ccc(N(c2ccccc2)c2cccc(-c3ccc4c(c3)-c3c(C)cc(C)cc3C4(C)C)c2)cc1. The highest BCUT2D eigenvalue weighted by atomic mass is 16.5. The molecule has 0 saturated carbocycles. The van der Waals surface area contributed by atoms with Crippen LogP contribution in [0.3, 0.4) is 0 Å². The number of fused-ring (bicyclic) bond motifs is 3. The topological polar surface area (TPSA) is 12.5 Å². The highest BCUT2D eigenvalue weighted by Crippen LogP contribution is 2.51. The summed E-state index contributed by atoms with van der Waals surface area (Å²) in [4.78, 5) is 2.34. The van der Waals surface area contributed by atoms with E-state index in [0.717, 1.165) is 51.5 Å². The summed E-state index contributed by atoms with van der Waals surface area (Å²) in [5.41, 5.74) is 18.3. The van der Waals surface area contributed by atoms with Crippen molar-refractivity contribution >= 4 is 22.6 Å². The van der Waals surface area contributed by atoms with Crippen molar-refractivity contribution in [1.29, 1.82) is 0 Å². The van der Waals surface area contributed by atoms with E-state index < -0.39 is 0 Å². The molecule has 7 rings (SSSR count). The zero-order chi connectivity index (χ0) is 36.4. The van der Waals surface area contributed by atoms with E-state index in [4.69, 9.17) is 4.74 Å². The number of para-hydroxylation sites is 1. The number of hydrogen-bond donors (Lipinski definition) is 0. The predicted molar refractivity (Wildman–Crippen MR) is 223 cm³/mol. The summed E-state index contributed by atoms with van der Waals surface area (Å²) in [6.45, 7) is 15.3. The first-order valence-electron chi connectivity index (χ1n) is 18.2. The van der Waals surface area contributed by atoms with Crippen molar-refractivity contribution in [2.75, 3.05) is 12.0 Å². The molecule has 6 aromatic rings. The van der Waals surface area contributed by atoms with Crippen LogP contribution in [-0.4, -0.2) is 7.11 Å². The molecule has 0 bridgehead atoms. The monoisotopic (exact) mass is 677 g/mol. The molecule has 0 atom stereocenters. The smallest absolute Gasteiger partial charge is 0.127 e. The molecule has 0 heterocycles. The van der Waals surface area contributed by atoms with Crippen LogP contribution in [0.15, 0.2) is 158 Å². The summed E-state index contributed by atoms with van der Waals surface area (Å²) in [5, 5.41) is 0. The van der Waals surface area contributed by atoms with Crippen LogP contribution >= 0.6 is 0 Å². The number of ether oxygens (including phenoxy) is 1. The van der Waals surface area contributed by atoms with Gasteiger partial charge in [0.25, 0.3) is 0 Å². The lowest BCUT2D eigenvalue weighted by molar-refractivity contribution is 0.414. The average molecular weight is 678 g/mol. The van der Waals surface area contributed by atoms with Crippen LogP contribution in [-0.2, 0) is 5.41 Å². The number of aryl methyl sites for hydroxylation is 2. The molecular formula is C50H47NO. The van der Waals surface area contributed by atoms with Crippen molar-refractivity contribution in [1.82, 2.24) is 0 Å². The molecule has 0 N–H and O–H groups in total. The molecule has 258 valence electrons. The Balaban J connectivity index is 1.30. The molecule has 2 heteroatoms. The minimum absolute atomic E-state index is 0.0283. The third-order valence-corrected chi connectivity index (χ3v) is 10.4. The van der Waals surface area contributed by atoms with Crippen molar-refractivity contribution in [3.05, 3.63) is 186 Å². The molecule has 1 aliphatic carbocycles. The van der Waals surface area contributed by atoms with Gasteiger partial charge < -0.3 is 9.64 Å². The lowest BCUT2D eigenvalue weighted by Crippen LogP contribution is -2.15. The second-order valence-electron chi connectivity index (χ2n) is 14.2. The third kappa shape index (κ3) is 6.31. The largest absolute Gasteiger partial charge is 0.496 e. The molecule has 0 aliphatic heterocycles. The summed E-state index contributed by atoms with van der Waals surface area (Å²) >= 11 is 0. The fraction of sp³-hybridized carbons (Fsp3) is 0.160. The van der Waals surface area contributed by atoms with E-state index in [1.54, 1.807) is 7.11 Å². The molecular weight excluding hydrogens is 631 g/mol. The lowest BCUT2D eigenvalue weighted by atomic mass is 9.81. The predicted octanol–water partition coefficient (Wildman–Crippen LogP) is 14.0. The van der Waals surface area contributed by atoms with Gasteiger partial charge in [-0.15, -0.1) is 0 Å². The summed E-state index contributed by atoms with van der Waals surface area (Å²) in [5.74, 6) is 0.835. The molecule has 0 fully saturated rings. The first kappa shape index (κ1) is 34.6. The Bertz CT molecular complexity index is 2320. The molecule has 0 radical (unpaired) electrons. The quantitative estimate of drug-likeness (QED) is 0.134. The van der Waals surface area contributed by atoms with Gasteiger partial charge >= 0.3 is 0 Å². The van der Waals surface area contributed by atoms with E-state index in [-0.39, 0.29) is 5.41 Å². The fourth-order valence-corrected chi connectivity index (χ4v) is 7.91. The summed E-state index contributed by atoms with van der Waals surface area (Å²) in [6, 6.07) is 46.4. The van der Waals surface area contributed by atoms with Gasteiger partial charge in [0.05, 0.1) is 7.11 Å². The Morgan fingerprint density at radius 1 is 0.692 bits per heavy atom. The molecule has 0 saturated heterocycles. The number of benzene rings is 6. The van der Waals surface area contributed by atoms with Crippen molar-refractivity contribution in [3.63, 3.8) is 0 Å². The van der Waals surface area contributed by atoms with Crippen LogP contribution in [0.2, 0.25) is 0 Å². The fourth-order valence-electron chi connectivity index (χ4n) is 7.91. The third-order valence-electron chi connectivity index (χ3n) is 10.4. The van der Waals surface area contributed by atoms with Gasteiger partial charge in [-0.25, -0.2) is 0 Å². The van der Waals surface area contributed by atoms with E-state index in [0.29, 0.717) is 0 Å². The minimum atomic E-state index is -0.0283. The molecule has 2 nitrogen and oxygen atoms in total. The number of anilines is 3. The van der Waals surface area contributed by atoms with Crippen molar-refractivity contribution in [2.45, 2.75) is 46.5 Å². The van der Waals surface area contributed by atoms with Crippen molar-refractivity contribution in [3.8, 4) is 39.1 Å². The van der Waals surface area contributed by atoms with Gasteiger partial charge in [0, 0.05) is 28.0 Å². The Morgan fingerprint density at radius 2 is 1.38 bits per heavy atom. The van der Waals surface area contributed by atoms with Crippen LogP contribution in [0.25, 0.3) is 39.0 Å². The second-order valence-corrected chi connectivity index (χ2v) is 14.2. The first-order valence-corrected chi connectivity index (χ1v) is 18.2. The molecule has 52 heavy (non-hydrogen) atoms. The Morgan fingerprint density at radius 3 is 2.12 bits per heavy atom. The number of rotatable bonds is 10. The van der Waals surface area contributed by atoms with Gasteiger partial charge in [-0.3, -0.25) is 0 Å². The van der Waals surface area contributed by atoms with E-state index in [1.807, 2.05) is 12.1 Å². The van der Waals surface area contributed by atoms with E-state index in [1.165, 1.54) is 44.5 Å². The number of nitrogens with zero attached hydrogens (tertiary/aromatic N) is 1. The molecule has 0 aromatic heterocycles. The van der Waals surface area contributed by atoms with Crippen LogP contribution in [0.4, 0.5) is 17.1 Å². The lowest BCUT2D eigenvalue weighted by Gasteiger charge is -2.26. The Hall–Kier alpha value is -5.86. The minimum Gasteiger partial charge on any atom is -0.496 e. The maximum atomic E-state index is 5.89.